The maximum absolute atomic E-state index is 11.5. The Morgan fingerprint density at radius 1 is 1.38 bits per heavy atom. The van der Waals surface area contributed by atoms with Gasteiger partial charge < -0.3 is 20.3 Å². The van der Waals surface area contributed by atoms with Crippen LogP contribution in [0.5, 0.6) is 0 Å². The average Bonchev–Trinajstić information content (AvgIpc) is 2.44. The van der Waals surface area contributed by atoms with E-state index in [0.29, 0.717) is 5.56 Å². The zero-order valence-corrected chi connectivity index (χ0v) is 14.3. The van der Waals surface area contributed by atoms with E-state index in [9.17, 15) is 25.1 Å². The Hall–Kier alpha value is -2.19. The molecular formula is C16H24N2O6. The molecule has 1 aromatic carbocycles. The highest BCUT2D eigenvalue weighted by Crippen LogP contribution is 2.31. The molecule has 0 saturated carbocycles. The second-order valence-electron chi connectivity index (χ2n) is 6.49. The van der Waals surface area contributed by atoms with Crippen molar-refractivity contribution in [2.45, 2.75) is 51.9 Å². The Morgan fingerprint density at radius 2 is 2.00 bits per heavy atom. The molecule has 1 rings (SSSR count). The van der Waals surface area contributed by atoms with Gasteiger partial charge in [0.1, 0.15) is 11.7 Å². The molecule has 2 unspecified atom stereocenters. The molecule has 8 nitrogen and oxygen atoms in total. The van der Waals surface area contributed by atoms with E-state index in [1.807, 2.05) is 0 Å². The summed E-state index contributed by atoms with van der Waals surface area (Å²) >= 11 is 0. The van der Waals surface area contributed by atoms with Crippen molar-refractivity contribution >= 4 is 11.8 Å². The number of nitrogens with zero attached hydrogens (tertiary/aromatic N) is 1. The fourth-order valence-electron chi connectivity index (χ4n) is 2.20. The molecular weight excluding hydrogens is 316 g/mol. The lowest BCUT2D eigenvalue weighted by molar-refractivity contribution is -0.386. The first-order valence-electron chi connectivity index (χ1n) is 7.60. The molecule has 0 fully saturated rings. The third kappa shape index (κ3) is 5.78. The first kappa shape index (κ1) is 19.9. The number of amides is 1. The molecule has 0 saturated heterocycles. The average molecular weight is 340 g/mol. The standard InChI is InChI=1S/C16H24N2O6/c1-10-6-5-7-11(18(22)23)13(10)14(20)12(19)8-9-17-15(21)24-16(2,3)4/h5-7,12,14,19-20H,8-9H2,1-4H3,(H,17,21). The van der Waals surface area contributed by atoms with Gasteiger partial charge in [-0.1, -0.05) is 12.1 Å². The molecule has 0 bridgehead atoms. The highest BCUT2D eigenvalue weighted by Gasteiger charge is 2.28. The van der Waals surface area contributed by atoms with Gasteiger partial charge in [0.05, 0.1) is 16.6 Å². The number of hydrogen-bond donors (Lipinski definition) is 3. The summed E-state index contributed by atoms with van der Waals surface area (Å²) in [6, 6.07) is 4.41. The van der Waals surface area contributed by atoms with Crippen LogP contribution in [0, 0.1) is 17.0 Å². The number of nitro groups is 1. The summed E-state index contributed by atoms with van der Waals surface area (Å²) < 4.78 is 5.05. The van der Waals surface area contributed by atoms with E-state index < -0.39 is 28.8 Å². The van der Waals surface area contributed by atoms with Crippen LogP contribution in [0.2, 0.25) is 0 Å². The molecule has 3 N–H and O–H groups in total. The molecule has 1 aromatic rings. The van der Waals surface area contributed by atoms with E-state index in [0.717, 1.165) is 0 Å². The van der Waals surface area contributed by atoms with E-state index >= 15 is 0 Å². The van der Waals surface area contributed by atoms with Crippen LogP contribution in [0.1, 0.15) is 44.4 Å². The summed E-state index contributed by atoms with van der Waals surface area (Å²) in [6.45, 7) is 6.86. The number of aryl methyl sites for hydroxylation is 1. The van der Waals surface area contributed by atoms with Crippen molar-refractivity contribution < 1.29 is 24.7 Å². The molecule has 0 aliphatic heterocycles. The molecule has 0 radical (unpaired) electrons. The number of ether oxygens (including phenoxy) is 1. The van der Waals surface area contributed by atoms with Crippen molar-refractivity contribution in [2.24, 2.45) is 0 Å². The molecule has 1 amide bonds. The largest absolute Gasteiger partial charge is 0.444 e. The minimum Gasteiger partial charge on any atom is -0.444 e. The van der Waals surface area contributed by atoms with Crippen molar-refractivity contribution in [3.63, 3.8) is 0 Å². The monoisotopic (exact) mass is 340 g/mol. The van der Waals surface area contributed by atoms with Gasteiger partial charge in [0.15, 0.2) is 0 Å². The van der Waals surface area contributed by atoms with Crippen molar-refractivity contribution in [2.75, 3.05) is 6.54 Å². The predicted molar refractivity (Wildman–Crippen MR) is 87.7 cm³/mol. The number of benzene rings is 1. The first-order valence-corrected chi connectivity index (χ1v) is 7.60. The Labute approximate surface area is 140 Å². The molecule has 0 aliphatic carbocycles. The number of carbonyl (C=O) groups is 1. The molecule has 0 spiro atoms. The SMILES string of the molecule is Cc1cccc([N+](=O)[O-])c1C(O)C(O)CCNC(=O)OC(C)(C)C. The van der Waals surface area contributed by atoms with E-state index in [1.165, 1.54) is 12.1 Å². The third-order valence-corrected chi connectivity index (χ3v) is 3.27. The maximum atomic E-state index is 11.5. The van der Waals surface area contributed by atoms with E-state index in [-0.39, 0.29) is 24.2 Å². The molecule has 0 aliphatic rings. The lowest BCUT2D eigenvalue weighted by Gasteiger charge is -2.22. The third-order valence-electron chi connectivity index (χ3n) is 3.27. The van der Waals surface area contributed by atoms with Crippen LogP contribution in [0.25, 0.3) is 0 Å². The molecule has 8 heteroatoms. The molecule has 0 heterocycles. The van der Waals surface area contributed by atoms with E-state index in [2.05, 4.69) is 5.32 Å². The van der Waals surface area contributed by atoms with Gasteiger partial charge in [0.2, 0.25) is 0 Å². The van der Waals surface area contributed by atoms with Gasteiger partial charge in [-0.15, -0.1) is 0 Å². The van der Waals surface area contributed by atoms with Gasteiger partial charge in [-0.05, 0) is 39.7 Å². The minimum absolute atomic E-state index is 0.0197. The molecule has 2 atom stereocenters. The molecule has 24 heavy (non-hydrogen) atoms. The minimum atomic E-state index is -1.42. The van der Waals surface area contributed by atoms with Crippen LogP contribution < -0.4 is 5.32 Å². The summed E-state index contributed by atoms with van der Waals surface area (Å²) in [7, 11) is 0. The van der Waals surface area contributed by atoms with Gasteiger partial charge >= 0.3 is 6.09 Å². The van der Waals surface area contributed by atoms with Crippen LogP contribution in [0.15, 0.2) is 18.2 Å². The molecule has 0 aromatic heterocycles. The number of aliphatic hydroxyl groups excluding tert-OH is 2. The predicted octanol–water partition coefficient (Wildman–Crippen LogP) is 2.21. The Kier molecular flexibility index (Phi) is 6.68. The van der Waals surface area contributed by atoms with Gasteiger partial charge in [0.25, 0.3) is 5.69 Å². The topological polar surface area (TPSA) is 122 Å². The highest BCUT2D eigenvalue weighted by molar-refractivity contribution is 5.67. The van der Waals surface area contributed by atoms with Crippen molar-refractivity contribution in [3.8, 4) is 0 Å². The number of aliphatic hydroxyl groups is 2. The highest BCUT2D eigenvalue weighted by atomic mass is 16.6. The number of rotatable bonds is 6. The quantitative estimate of drug-likeness (QED) is 0.539. The van der Waals surface area contributed by atoms with Crippen LogP contribution in [-0.2, 0) is 4.74 Å². The van der Waals surface area contributed by atoms with Crippen molar-refractivity contribution in [1.82, 2.24) is 5.32 Å². The smallest absolute Gasteiger partial charge is 0.407 e. The Balaban J connectivity index is 2.68. The number of hydrogen-bond acceptors (Lipinski definition) is 6. The maximum Gasteiger partial charge on any atom is 0.407 e. The Morgan fingerprint density at radius 3 is 2.54 bits per heavy atom. The Bertz CT molecular complexity index is 597. The summed E-state index contributed by atoms with van der Waals surface area (Å²) in [5.74, 6) is 0. The normalized spacial score (nSPS) is 13.9. The van der Waals surface area contributed by atoms with E-state index in [1.54, 1.807) is 33.8 Å². The van der Waals surface area contributed by atoms with Gasteiger partial charge in [0, 0.05) is 12.6 Å². The summed E-state index contributed by atoms with van der Waals surface area (Å²) in [4.78, 5) is 22.0. The van der Waals surface area contributed by atoms with Crippen molar-refractivity contribution in [1.29, 1.82) is 0 Å². The second kappa shape index (κ2) is 8.07. The zero-order chi connectivity index (χ0) is 18.5. The second-order valence-corrected chi connectivity index (χ2v) is 6.49. The van der Waals surface area contributed by atoms with Crippen LogP contribution >= 0.6 is 0 Å². The van der Waals surface area contributed by atoms with Crippen molar-refractivity contribution in [3.05, 3.63) is 39.4 Å². The van der Waals surface area contributed by atoms with E-state index in [4.69, 9.17) is 4.74 Å². The number of alkyl carbamates (subject to hydrolysis) is 1. The fourth-order valence-corrected chi connectivity index (χ4v) is 2.20. The zero-order valence-electron chi connectivity index (χ0n) is 14.3. The number of carbonyl (C=O) groups excluding carboxylic acids is 1. The lowest BCUT2D eigenvalue weighted by Crippen LogP contribution is -2.34. The van der Waals surface area contributed by atoms with Gasteiger partial charge in [-0.2, -0.15) is 0 Å². The van der Waals surface area contributed by atoms with Crippen LogP contribution in [0.4, 0.5) is 10.5 Å². The lowest BCUT2D eigenvalue weighted by atomic mass is 9.96. The first-order chi connectivity index (χ1) is 11.0. The summed E-state index contributed by atoms with van der Waals surface area (Å²) in [5.41, 5.74) is -0.297. The van der Waals surface area contributed by atoms with Gasteiger partial charge in [-0.3, -0.25) is 10.1 Å². The summed E-state index contributed by atoms with van der Waals surface area (Å²) in [5, 5.41) is 33.9. The van der Waals surface area contributed by atoms with Crippen LogP contribution in [0.3, 0.4) is 0 Å². The molecule has 134 valence electrons. The van der Waals surface area contributed by atoms with Gasteiger partial charge in [-0.25, -0.2) is 4.79 Å². The number of nitrogens with one attached hydrogen (secondary N) is 1. The summed E-state index contributed by atoms with van der Waals surface area (Å²) in [6.07, 6.45) is -3.30. The van der Waals surface area contributed by atoms with Crippen LogP contribution in [-0.4, -0.2) is 39.5 Å². The fraction of sp³-hybridized carbons (Fsp3) is 0.562. The number of nitro benzene ring substituents is 1.